The molecule has 22 heavy (non-hydrogen) atoms. The Balaban J connectivity index is 2.28. The number of carbonyl (C=O) groups is 1. The van der Waals surface area contributed by atoms with E-state index in [1.807, 2.05) is 41.1 Å². The van der Waals surface area contributed by atoms with Crippen molar-refractivity contribution in [1.82, 2.24) is 0 Å². The van der Waals surface area contributed by atoms with Crippen molar-refractivity contribution < 1.29 is 9.53 Å². The van der Waals surface area contributed by atoms with Crippen LogP contribution < -0.4 is 0 Å². The van der Waals surface area contributed by atoms with Crippen molar-refractivity contribution >= 4 is 35.1 Å². The van der Waals surface area contributed by atoms with E-state index >= 15 is 0 Å². The van der Waals surface area contributed by atoms with Crippen molar-refractivity contribution in [2.24, 2.45) is 5.11 Å². The van der Waals surface area contributed by atoms with Gasteiger partial charge in [-0.15, -0.1) is 0 Å². The molecule has 0 unspecified atom stereocenters. The van der Waals surface area contributed by atoms with Gasteiger partial charge in [-0.2, -0.15) is 11.3 Å². The summed E-state index contributed by atoms with van der Waals surface area (Å²) in [5, 5.41) is 7.32. The molecule has 0 atom stereocenters. The van der Waals surface area contributed by atoms with E-state index in [1.54, 1.807) is 24.8 Å². The predicted octanol–water partition coefficient (Wildman–Crippen LogP) is 5.11. The van der Waals surface area contributed by atoms with Crippen molar-refractivity contribution in [2.75, 3.05) is 6.61 Å². The van der Waals surface area contributed by atoms with Gasteiger partial charge in [0.25, 0.3) is 0 Å². The first-order valence-corrected chi connectivity index (χ1v) is 8.23. The molecule has 0 bridgehead atoms. The standard InChI is InChI=1S/C15H13N3O2S2/c1-2-20-15(19)13(17-18-16)8-11-9-21-10-14(11)22-12-6-4-3-5-7-12/h3-10H,2H2,1H3/b13-8-. The Kier molecular flexibility index (Phi) is 6.09. The zero-order valence-electron chi connectivity index (χ0n) is 11.8. The van der Waals surface area contributed by atoms with Crippen LogP contribution in [0.1, 0.15) is 12.5 Å². The molecular formula is C15H13N3O2S2. The van der Waals surface area contributed by atoms with Crippen LogP contribution in [0.15, 0.2) is 61.7 Å². The van der Waals surface area contributed by atoms with E-state index in [9.17, 15) is 4.79 Å². The van der Waals surface area contributed by atoms with Gasteiger partial charge in [-0.25, -0.2) is 4.79 Å². The lowest BCUT2D eigenvalue weighted by Gasteiger charge is -2.03. The molecule has 2 rings (SSSR count). The molecule has 0 aliphatic carbocycles. The summed E-state index contributed by atoms with van der Waals surface area (Å²) in [6.07, 6.45) is 1.56. The first-order valence-electron chi connectivity index (χ1n) is 6.47. The van der Waals surface area contributed by atoms with Crippen LogP contribution in [0, 0.1) is 0 Å². The fourth-order valence-corrected chi connectivity index (χ4v) is 3.51. The maximum Gasteiger partial charge on any atom is 0.340 e. The number of azide groups is 1. The predicted molar refractivity (Wildman–Crippen MR) is 88.6 cm³/mol. The van der Waals surface area contributed by atoms with Crippen LogP contribution in [0.4, 0.5) is 0 Å². The van der Waals surface area contributed by atoms with E-state index in [4.69, 9.17) is 10.3 Å². The monoisotopic (exact) mass is 331 g/mol. The van der Waals surface area contributed by atoms with Gasteiger partial charge in [0.2, 0.25) is 0 Å². The number of hydrogen-bond donors (Lipinski definition) is 0. The molecule has 112 valence electrons. The molecule has 0 aliphatic rings. The minimum atomic E-state index is -0.623. The highest BCUT2D eigenvalue weighted by atomic mass is 32.2. The van der Waals surface area contributed by atoms with E-state index in [0.717, 1.165) is 15.4 Å². The van der Waals surface area contributed by atoms with E-state index in [0.29, 0.717) is 0 Å². The molecule has 1 heterocycles. The van der Waals surface area contributed by atoms with Gasteiger partial charge in [0, 0.05) is 20.1 Å². The lowest BCUT2D eigenvalue weighted by Crippen LogP contribution is -2.05. The summed E-state index contributed by atoms with van der Waals surface area (Å²) in [4.78, 5) is 16.5. The van der Waals surface area contributed by atoms with Crippen LogP contribution in [0.5, 0.6) is 0 Å². The normalized spacial score (nSPS) is 10.9. The quantitative estimate of drug-likeness (QED) is 0.242. The lowest BCUT2D eigenvalue weighted by atomic mass is 10.3. The van der Waals surface area contributed by atoms with Gasteiger partial charge in [0.1, 0.15) is 5.70 Å². The van der Waals surface area contributed by atoms with Gasteiger partial charge >= 0.3 is 5.97 Å². The van der Waals surface area contributed by atoms with Gasteiger partial charge in [0.15, 0.2) is 0 Å². The Morgan fingerprint density at radius 3 is 2.86 bits per heavy atom. The van der Waals surface area contributed by atoms with Gasteiger partial charge in [-0.1, -0.05) is 35.1 Å². The molecule has 0 N–H and O–H groups in total. The first-order chi connectivity index (χ1) is 10.7. The van der Waals surface area contributed by atoms with E-state index < -0.39 is 5.97 Å². The SMILES string of the molecule is CCOC(=O)/C(=C/c1cscc1Sc1ccccc1)N=[N+]=[N-]. The average Bonchev–Trinajstić information content (AvgIpc) is 2.95. The molecule has 7 heteroatoms. The summed E-state index contributed by atoms with van der Waals surface area (Å²) in [6, 6.07) is 9.91. The van der Waals surface area contributed by atoms with Gasteiger partial charge in [0.05, 0.1) is 6.61 Å². The number of nitrogens with zero attached hydrogens (tertiary/aromatic N) is 3. The first kappa shape index (κ1) is 16.2. The summed E-state index contributed by atoms with van der Waals surface area (Å²) >= 11 is 3.10. The number of hydrogen-bond acceptors (Lipinski definition) is 5. The Labute approximate surface area is 136 Å². The number of ether oxygens (including phenoxy) is 1. The van der Waals surface area contributed by atoms with Crippen molar-refractivity contribution in [1.29, 1.82) is 0 Å². The maximum absolute atomic E-state index is 11.8. The van der Waals surface area contributed by atoms with Crippen molar-refractivity contribution in [2.45, 2.75) is 16.7 Å². The molecule has 0 amide bonds. The van der Waals surface area contributed by atoms with Crippen LogP contribution in [-0.2, 0) is 9.53 Å². The Bertz CT molecular complexity index is 719. The zero-order valence-corrected chi connectivity index (χ0v) is 13.4. The highest BCUT2D eigenvalue weighted by Crippen LogP contribution is 2.34. The van der Waals surface area contributed by atoms with Crippen molar-refractivity contribution in [3.05, 3.63) is 62.8 Å². The molecule has 0 fully saturated rings. The summed E-state index contributed by atoms with van der Waals surface area (Å²) in [5.74, 6) is -0.623. The van der Waals surface area contributed by atoms with Crippen LogP contribution >= 0.6 is 23.1 Å². The lowest BCUT2D eigenvalue weighted by molar-refractivity contribution is -0.138. The molecular weight excluding hydrogens is 318 g/mol. The van der Waals surface area contributed by atoms with Crippen molar-refractivity contribution in [3.8, 4) is 0 Å². The summed E-state index contributed by atoms with van der Waals surface area (Å²) in [5.41, 5.74) is 9.38. The van der Waals surface area contributed by atoms with E-state index in [1.165, 1.54) is 11.3 Å². The topological polar surface area (TPSA) is 75.1 Å². The fraction of sp³-hybridized carbons (Fsp3) is 0.133. The summed E-state index contributed by atoms with van der Waals surface area (Å²) in [6.45, 7) is 1.93. The molecule has 2 aromatic rings. The second-order valence-electron chi connectivity index (χ2n) is 4.05. The summed E-state index contributed by atoms with van der Waals surface area (Å²) < 4.78 is 4.89. The smallest absolute Gasteiger partial charge is 0.340 e. The number of rotatable bonds is 6. The van der Waals surface area contributed by atoms with Crippen LogP contribution in [0.3, 0.4) is 0 Å². The highest BCUT2D eigenvalue weighted by Gasteiger charge is 2.11. The van der Waals surface area contributed by atoms with E-state index in [2.05, 4.69) is 10.0 Å². The third-order valence-electron chi connectivity index (χ3n) is 2.55. The number of carbonyl (C=O) groups excluding carboxylic acids is 1. The minimum Gasteiger partial charge on any atom is -0.462 e. The maximum atomic E-state index is 11.8. The van der Waals surface area contributed by atoms with Gasteiger partial charge < -0.3 is 4.74 Å². The van der Waals surface area contributed by atoms with Gasteiger partial charge in [-0.05, 0) is 41.6 Å². The average molecular weight is 331 g/mol. The Morgan fingerprint density at radius 2 is 2.18 bits per heavy atom. The highest BCUT2D eigenvalue weighted by molar-refractivity contribution is 7.99. The van der Waals surface area contributed by atoms with Crippen molar-refractivity contribution in [3.63, 3.8) is 0 Å². The minimum absolute atomic E-state index is 0.0438. The molecule has 0 spiro atoms. The van der Waals surface area contributed by atoms with Crippen LogP contribution in [0.25, 0.3) is 16.5 Å². The Hall–Kier alpha value is -2.21. The third-order valence-corrected chi connectivity index (χ3v) is 4.55. The van der Waals surface area contributed by atoms with Crippen LogP contribution in [-0.4, -0.2) is 12.6 Å². The van der Waals surface area contributed by atoms with E-state index in [-0.39, 0.29) is 12.3 Å². The molecule has 0 saturated carbocycles. The number of benzene rings is 1. The number of thiophene rings is 1. The summed E-state index contributed by atoms with van der Waals surface area (Å²) in [7, 11) is 0. The molecule has 0 saturated heterocycles. The molecule has 0 radical (unpaired) electrons. The zero-order chi connectivity index (χ0) is 15.8. The fourth-order valence-electron chi connectivity index (χ4n) is 1.63. The second kappa shape index (κ2) is 8.29. The molecule has 5 nitrogen and oxygen atoms in total. The molecule has 1 aromatic heterocycles. The largest absolute Gasteiger partial charge is 0.462 e. The molecule has 0 aliphatic heterocycles. The van der Waals surface area contributed by atoms with Gasteiger partial charge in [-0.3, -0.25) is 0 Å². The Morgan fingerprint density at radius 1 is 1.41 bits per heavy atom. The molecule has 1 aromatic carbocycles. The van der Waals surface area contributed by atoms with Crippen LogP contribution in [0.2, 0.25) is 0 Å². The second-order valence-corrected chi connectivity index (χ2v) is 5.90. The number of esters is 1. The third kappa shape index (κ3) is 4.39.